The van der Waals surface area contributed by atoms with Crippen molar-refractivity contribution in [1.82, 2.24) is 4.98 Å². The number of pyridine rings is 1. The van der Waals surface area contributed by atoms with E-state index in [0.717, 1.165) is 4.47 Å². The van der Waals surface area contributed by atoms with Crippen LogP contribution in [0.2, 0.25) is 5.02 Å². The van der Waals surface area contributed by atoms with Crippen LogP contribution in [0.4, 0.5) is 5.69 Å². The molecule has 0 aliphatic carbocycles. The Morgan fingerprint density at radius 1 is 1.29 bits per heavy atom. The number of primary sulfonamides is 1. The number of rotatable bonds is 3. The fourth-order valence-corrected chi connectivity index (χ4v) is 2.54. The van der Waals surface area contributed by atoms with Gasteiger partial charge in [-0.3, -0.25) is 4.79 Å². The molecule has 0 spiro atoms. The van der Waals surface area contributed by atoms with Crippen LogP contribution in [0, 0.1) is 0 Å². The molecule has 0 bridgehead atoms. The second kappa shape index (κ2) is 6.10. The molecule has 1 amide bonds. The van der Waals surface area contributed by atoms with Gasteiger partial charge >= 0.3 is 0 Å². The number of nitrogens with zero attached hydrogens (tertiary/aromatic N) is 1. The smallest absolute Gasteiger partial charge is 0.274 e. The van der Waals surface area contributed by atoms with Crippen LogP contribution < -0.4 is 10.5 Å². The van der Waals surface area contributed by atoms with Gasteiger partial charge < -0.3 is 5.32 Å². The number of carbonyl (C=O) groups excluding carboxylic acids is 1. The Bertz CT molecular complexity index is 794. The third-order valence-electron chi connectivity index (χ3n) is 2.48. The molecule has 1 heterocycles. The first-order chi connectivity index (χ1) is 9.77. The van der Waals surface area contributed by atoms with E-state index in [1.807, 2.05) is 0 Å². The first-order valence-electron chi connectivity index (χ1n) is 5.52. The van der Waals surface area contributed by atoms with Crippen LogP contribution in [0.25, 0.3) is 0 Å². The van der Waals surface area contributed by atoms with Gasteiger partial charge in [0.2, 0.25) is 10.0 Å². The number of halogens is 2. The summed E-state index contributed by atoms with van der Waals surface area (Å²) in [5.41, 5.74) is 0.462. The minimum Gasteiger partial charge on any atom is -0.319 e. The summed E-state index contributed by atoms with van der Waals surface area (Å²) in [5.74, 6) is -0.465. The fraction of sp³-hybridized carbons (Fsp3) is 0. The van der Waals surface area contributed by atoms with Gasteiger partial charge in [0, 0.05) is 10.7 Å². The maximum Gasteiger partial charge on any atom is 0.274 e. The lowest BCUT2D eigenvalue weighted by Gasteiger charge is -2.08. The molecule has 6 nitrogen and oxygen atoms in total. The van der Waals surface area contributed by atoms with Crippen LogP contribution in [-0.4, -0.2) is 19.3 Å². The molecule has 0 saturated heterocycles. The molecule has 1 aromatic carbocycles. The number of amides is 1. The lowest BCUT2D eigenvalue weighted by atomic mass is 10.3. The van der Waals surface area contributed by atoms with Crippen LogP contribution in [0.15, 0.2) is 45.9 Å². The van der Waals surface area contributed by atoms with Crippen molar-refractivity contribution in [2.75, 3.05) is 5.32 Å². The first kappa shape index (κ1) is 15.9. The van der Waals surface area contributed by atoms with Crippen LogP contribution >= 0.6 is 27.5 Å². The lowest BCUT2D eigenvalue weighted by Crippen LogP contribution is -2.15. The summed E-state index contributed by atoms with van der Waals surface area (Å²) in [6.45, 7) is 0. The van der Waals surface area contributed by atoms with Gasteiger partial charge in [-0.1, -0.05) is 11.6 Å². The van der Waals surface area contributed by atoms with E-state index in [9.17, 15) is 13.2 Å². The Kier molecular flexibility index (Phi) is 4.62. The molecule has 9 heteroatoms. The predicted molar refractivity (Wildman–Crippen MR) is 82.7 cm³/mol. The topological polar surface area (TPSA) is 102 Å². The highest BCUT2D eigenvalue weighted by molar-refractivity contribution is 9.10. The summed E-state index contributed by atoms with van der Waals surface area (Å²) in [6, 6.07) is 6.99. The second-order valence-corrected chi connectivity index (χ2v) is 6.89. The number of sulfonamides is 1. The maximum absolute atomic E-state index is 12.0. The summed E-state index contributed by atoms with van der Waals surface area (Å²) in [7, 11) is -3.84. The summed E-state index contributed by atoms with van der Waals surface area (Å²) >= 11 is 9.15. The van der Waals surface area contributed by atoms with E-state index in [4.69, 9.17) is 16.7 Å². The zero-order valence-electron chi connectivity index (χ0n) is 10.4. The van der Waals surface area contributed by atoms with Gasteiger partial charge in [0.05, 0.1) is 15.6 Å². The molecular formula is C12H9BrClN3O3S. The Balaban J connectivity index is 2.24. The van der Waals surface area contributed by atoms with E-state index < -0.39 is 15.9 Å². The summed E-state index contributed by atoms with van der Waals surface area (Å²) in [4.78, 5) is 15.8. The molecule has 110 valence electrons. The largest absolute Gasteiger partial charge is 0.319 e. The Labute approximate surface area is 134 Å². The van der Waals surface area contributed by atoms with E-state index in [0.29, 0.717) is 0 Å². The summed E-state index contributed by atoms with van der Waals surface area (Å²) < 4.78 is 23.1. The zero-order chi connectivity index (χ0) is 15.6. The molecule has 0 atom stereocenters. The van der Waals surface area contributed by atoms with Crippen molar-refractivity contribution in [3.8, 4) is 0 Å². The summed E-state index contributed by atoms with van der Waals surface area (Å²) in [6.07, 6.45) is 1.49. The van der Waals surface area contributed by atoms with Gasteiger partial charge in [-0.05, 0) is 46.3 Å². The quantitative estimate of drug-likeness (QED) is 0.840. The van der Waals surface area contributed by atoms with Gasteiger partial charge in [0.1, 0.15) is 5.69 Å². The van der Waals surface area contributed by atoms with Crippen LogP contribution in [-0.2, 0) is 10.0 Å². The number of nitrogens with two attached hydrogens (primary N) is 1. The minimum absolute atomic E-state index is 0.0620. The Morgan fingerprint density at radius 2 is 2.00 bits per heavy atom. The molecule has 2 rings (SSSR count). The van der Waals surface area contributed by atoms with Crippen molar-refractivity contribution in [2.24, 2.45) is 5.14 Å². The highest BCUT2D eigenvalue weighted by Gasteiger charge is 2.13. The van der Waals surface area contributed by atoms with Crippen molar-refractivity contribution in [2.45, 2.75) is 4.90 Å². The molecule has 0 fully saturated rings. The van der Waals surface area contributed by atoms with Crippen LogP contribution in [0.1, 0.15) is 10.5 Å². The molecule has 0 aliphatic rings. The number of benzene rings is 1. The molecule has 0 saturated carbocycles. The average molecular weight is 391 g/mol. The minimum atomic E-state index is -3.84. The highest BCUT2D eigenvalue weighted by atomic mass is 79.9. The summed E-state index contributed by atoms with van der Waals surface area (Å²) in [5, 5.41) is 7.60. The monoisotopic (exact) mass is 389 g/mol. The van der Waals surface area contributed by atoms with Gasteiger partial charge in [-0.2, -0.15) is 0 Å². The predicted octanol–water partition coefficient (Wildman–Crippen LogP) is 2.40. The average Bonchev–Trinajstić information content (AvgIpc) is 2.40. The SMILES string of the molecule is NS(=O)(=O)c1ccc(NC(=O)c2ccc(Br)cn2)c(Cl)c1. The number of hydrogen-bond acceptors (Lipinski definition) is 4. The maximum atomic E-state index is 12.0. The number of anilines is 1. The van der Waals surface area contributed by atoms with E-state index >= 15 is 0 Å². The van der Waals surface area contributed by atoms with E-state index in [1.165, 1.54) is 30.5 Å². The van der Waals surface area contributed by atoms with Gasteiger partial charge in [0.25, 0.3) is 5.91 Å². The van der Waals surface area contributed by atoms with Crippen LogP contribution in [0.3, 0.4) is 0 Å². The van der Waals surface area contributed by atoms with Crippen molar-refractivity contribution >= 4 is 49.1 Å². The lowest BCUT2D eigenvalue weighted by molar-refractivity contribution is 0.102. The van der Waals surface area contributed by atoms with Crippen molar-refractivity contribution in [1.29, 1.82) is 0 Å². The van der Waals surface area contributed by atoms with Crippen molar-refractivity contribution in [3.63, 3.8) is 0 Å². The Morgan fingerprint density at radius 3 is 2.52 bits per heavy atom. The Hall–Kier alpha value is -1.48. The molecule has 21 heavy (non-hydrogen) atoms. The molecule has 0 aliphatic heterocycles. The fourth-order valence-electron chi connectivity index (χ4n) is 1.47. The van der Waals surface area contributed by atoms with E-state index in [-0.39, 0.29) is 21.3 Å². The number of nitrogens with one attached hydrogen (secondary N) is 1. The van der Waals surface area contributed by atoms with Crippen molar-refractivity contribution < 1.29 is 13.2 Å². The van der Waals surface area contributed by atoms with Crippen LogP contribution in [0.5, 0.6) is 0 Å². The van der Waals surface area contributed by atoms with Gasteiger partial charge in [0.15, 0.2) is 0 Å². The van der Waals surface area contributed by atoms with Gasteiger partial charge in [-0.25, -0.2) is 18.5 Å². The third-order valence-corrected chi connectivity index (χ3v) is 4.17. The van der Waals surface area contributed by atoms with E-state index in [1.54, 1.807) is 6.07 Å². The zero-order valence-corrected chi connectivity index (χ0v) is 13.5. The molecule has 2 aromatic rings. The number of aromatic nitrogens is 1. The van der Waals surface area contributed by atoms with E-state index in [2.05, 4.69) is 26.2 Å². The molecule has 3 N–H and O–H groups in total. The second-order valence-electron chi connectivity index (χ2n) is 4.00. The number of hydrogen-bond donors (Lipinski definition) is 2. The molecule has 1 aromatic heterocycles. The first-order valence-corrected chi connectivity index (χ1v) is 8.24. The molecule has 0 unspecified atom stereocenters. The highest BCUT2D eigenvalue weighted by Crippen LogP contribution is 2.25. The third kappa shape index (κ3) is 4.01. The number of carbonyl (C=O) groups is 1. The normalized spacial score (nSPS) is 11.2. The van der Waals surface area contributed by atoms with Crippen molar-refractivity contribution in [3.05, 3.63) is 51.7 Å². The molecular weight excluding hydrogens is 382 g/mol. The van der Waals surface area contributed by atoms with Gasteiger partial charge in [-0.15, -0.1) is 0 Å². The molecule has 0 radical (unpaired) electrons. The standard InChI is InChI=1S/C12H9BrClN3O3S/c13-7-1-3-11(16-6-7)12(18)17-10-4-2-8(5-9(10)14)21(15,19)20/h1-6H,(H,17,18)(H2,15,19,20).